The molecule has 2 atom stereocenters. The Morgan fingerprint density at radius 3 is 2.95 bits per heavy atom. The van der Waals surface area contributed by atoms with Crippen LogP contribution in [0.5, 0.6) is 11.9 Å². The van der Waals surface area contributed by atoms with Crippen LogP contribution in [-0.2, 0) is 4.79 Å². The van der Waals surface area contributed by atoms with Gasteiger partial charge in [-0.05, 0) is 25.7 Å². The summed E-state index contributed by atoms with van der Waals surface area (Å²) >= 11 is 5.76. The normalized spacial score (nSPS) is 26.1. The van der Waals surface area contributed by atoms with Gasteiger partial charge in [0.25, 0.3) is 0 Å². The summed E-state index contributed by atoms with van der Waals surface area (Å²) in [6.45, 7) is 0. The van der Waals surface area contributed by atoms with E-state index in [9.17, 15) is 9.18 Å². The van der Waals surface area contributed by atoms with Crippen molar-refractivity contribution in [1.82, 2.24) is 9.97 Å². The molecule has 110 valence electrons. The summed E-state index contributed by atoms with van der Waals surface area (Å²) in [5.74, 6) is -1.37. The smallest absolute Gasteiger partial charge is 0.345 e. The highest BCUT2D eigenvalue weighted by Crippen LogP contribution is 2.35. The molecule has 8 heteroatoms. The van der Waals surface area contributed by atoms with Gasteiger partial charge in [0.2, 0.25) is 11.5 Å². The summed E-state index contributed by atoms with van der Waals surface area (Å²) in [6, 6.07) is 1.18. The molecular formula is C12H14ClFN2O4. The molecule has 1 saturated carbocycles. The third kappa shape index (κ3) is 2.92. The van der Waals surface area contributed by atoms with E-state index in [-0.39, 0.29) is 29.9 Å². The molecule has 6 nitrogen and oxygen atoms in total. The Balaban J connectivity index is 2.23. The van der Waals surface area contributed by atoms with Crippen LogP contribution >= 0.6 is 11.6 Å². The van der Waals surface area contributed by atoms with Crippen molar-refractivity contribution in [1.29, 1.82) is 0 Å². The average molecular weight is 305 g/mol. The number of ether oxygens (including phenoxy) is 2. The SMILES string of the molecule is COc1cc(Cl)nc(OC2CCCCC2(F)C(=O)O)n1. The molecule has 0 aromatic carbocycles. The lowest BCUT2D eigenvalue weighted by atomic mass is 9.83. The molecule has 0 bridgehead atoms. The van der Waals surface area contributed by atoms with Crippen LogP contribution in [0.1, 0.15) is 25.7 Å². The van der Waals surface area contributed by atoms with Gasteiger partial charge in [0.15, 0.2) is 0 Å². The van der Waals surface area contributed by atoms with Crippen molar-refractivity contribution in [2.45, 2.75) is 37.5 Å². The summed E-state index contributed by atoms with van der Waals surface area (Å²) in [5.41, 5.74) is -2.43. The van der Waals surface area contributed by atoms with Crippen LogP contribution in [-0.4, -0.2) is 39.9 Å². The van der Waals surface area contributed by atoms with Crippen molar-refractivity contribution in [3.8, 4) is 11.9 Å². The zero-order valence-electron chi connectivity index (χ0n) is 10.8. The number of aromatic nitrogens is 2. The van der Waals surface area contributed by atoms with E-state index in [1.807, 2.05) is 0 Å². The first kappa shape index (κ1) is 14.8. The molecule has 1 fully saturated rings. The number of carbonyl (C=O) groups is 1. The number of aliphatic carboxylic acids is 1. The molecule has 1 aromatic heterocycles. The Labute approximate surface area is 119 Å². The number of methoxy groups -OCH3 is 1. The Morgan fingerprint density at radius 2 is 2.30 bits per heavy atom. The van der Waals surface area contributed by atoms with Crippen LogP contribution in [0.3, 0.4) is 0 Å². The summed E-state index contributed by atoms with van der Waals surface area (Å²) in [4.78, 5) is 18.8. The number of carboxylic acids is 1. The number of halogens is 2. The molecule has 1 aromatic rings. The van der Waals surface area contributed by atoms with Gasteiger partial charge in [-0.1, -0.05) is 11.6 Å². The van der Waals surface area contributed by atoms with E-state index in [1.165, 1.54) is 13.2 Å². The topological polar surface area (TPSA) is 81.5 Å². The number of nitrogens with zero attached hydrogens (tertiary/aromatic N) is 2. The number of rotatable bonds is 4. The highest BCUT2D eigenvalue weighted by Gasteiger charge is 2.50. The molecule has 0 radical (unpaired) electrons. The second kappa shape index (κ2) is 5.78. The zero-order chi connectivity index (χ0) is 14.8. The third-order valence-corrected chi connectivity index (χ3v) is 3.42. The van der Waals surface area contributed by atoms with Crippen molar-refractivity contribution in [2.75, 3.05) is 7.11 Å². The summed E-state index contributed by atoms with van der Waals surface area (Å²) in [5, 5.41) is 9.13. The van der Waals surface area contributed by atoms with Crippen molar-refractivity contribution in [3.05, 3.63) is 11.2 Å². The number of alkyl halides is 1. The van der Waals surface area contributed by atoms with Crippen LogP contribution in [0.2, 0.25) is 5.15 Å². The minimum absolute atomic E-state index is 0.0717. The molecule has 1 aliphatic rings. The van der Waals surface area contributed by atoms with E-state index in [0.717, 1.165) is 0 Å². The molecule has 0 amide bonds. The molecule has 2 unspecified atom stereocenters. The van der Waals surface area contributed by atoms with Crippen LogP contribution < -0.4 is 9.47 Å². The van der Waals surface area contributed by atoms with Crippen LogP contribution in [0.15, 0.2) is 6.07 Å². The van der Waals surface area contributed by atoms with Gasteiger partial charge in [-0.3, -0.25) is 0 Å². The maximum atomic E-state index is 14.5. The monoisotopic (exact) mass is 304 g/mol. The predicted molar refractivity (Wildman–Crippen MR) is 68.0 cm³/mol. The molecular weight excluding hydrogens is 291 g/mol. The molecule has 0 aliphatic heterocycles. The minimum atomic E-state index is -2.43. The minimum Gasteiger partial charge on any atom is -0.481 e. The van der Waals surface area contributed by atoms with Crippen LogP contribution in [0.25, 0.3) is 0 Å². The second-order valence-electron chi connectivity index (χ2n) is 4.54. The predicted octanol–water partition coefficient (Wildman–Crippen LogP) is 2.25. The molecule has 1 aliphatic carbocycles. The lowest BCUT2D eigenvalue weighted by molar-refractivity contribution is -0.161. The van der Waals surface area contributed by atoms with Gasteiger partial charge >= 0.3 is 12.0 Å². The lowest BCUT2D eigenvalue weighted by Gasteiger charge is -2.33. The van der Waals surface area contributed by atoms with E-state index >= 15 is 0 Å². The van der Waals surface area contributed by atoms with Gasteiger partial charge < -0.3 is 14.6 Å². The van der Waals surface area contributed by atoms with Gasteiger partial charge in [-0.15, -0.1) is 0 Å². The fraction of sp³-hybridized carbons (Fsp3) is 0.583. The fourth-order valence-electron chi connectivity index (χ4n) is 2.16. The lowest BCUT2D eigenvalue weighted by Crippen LogP contribution is -2.50. The standard InChI is InChI=1S/C12H14ClFN2O4/c1-19-9-6-8(13)15-11(16-9)20-7-4-2-3-5-12(7,14)10(17)18/h6-7H,2-5H2,1H3,(H,17,18). The zero-order valence-corrected chi connectivity index (χ0v) is 11.6. The second-order valence-corrected chi connectivity index (χ2v) is 4.92. The summed E-state index contributed by atoms with van der Waals surface area (Å²) in [6.07, 6.45) is 0.229. The van der Waals surface area contributed by atoms with E-state index in [4.69, 9.17) is 26.2 Å². The third-order valence-electron chi connectivity index (χ3n) is 3.23. The van der Waals surface area contributed by atoms with E-state index in [2.05, 4.69) is 9.97 Å². The van der Waals surface area contributed by atoms with Crippen LogP contribution in [0.4, 0.5) is 4.39 Å². The largest absolute Gasteiger partial charge is 0.481 e. The highest BCUT2D eigenvalue weighted by atomic mass is 35.5. The molecule has 1 heterocycles. The van der Waals surface area contributed by atoms with Gasteiger partial charge in [-0.2, -0.15) is 9.97 Å². The number of hydrogen-bond acceptors (Lipinski definition) is 5. The van der Waals surface area contributed by atoms with Crippen molar-refractivity contribution >= 4 is 17.6 Å². The highest BCUT2D eigenvalue weighted by molar-refractivity contribution is 6.29. The van der Waals surface area contributed by atoms with Crippen LogP contribution in [0, 0.1) is 0 Å². The quantitative estimate of drug-likeness (QED) is 0.859. The molecule has 0 saturated heterocycles. The Kier molecular flexibility index (Phi) is 4.27. The summed E-state index contributed by atoms with van der Waals surface area (Å²) in [7, 11) is 1.39. The van der Waals surface area contributed by atoms with E-state index in [0.29, 0.717) is 12.8 Å². The van der Waals surface area contributed by atoms with Crippen molar-refractivity contribution < 1.29 is 23.8 Å². The maximum Gasteiger partial charge on any atom is 0.345 e. The summed E-state index contributed by atoms with van der Waals surface area (Å²) < 4.78 is 24.7. The molecule has 2 rings (SSSR count). The number of hydrogen-bond donors (Lipinski definition) is 1. The van der Waals surface area contributed by atoms with Gasteiger partial charge in [0.1, 0.15) is 11.3 Å². The van der Waals surface area contributed by atoms with E-state index < -0.39 is 17.7 Å². The van der Waals surface area contributed by atoms with Gasteiger partial charge in [-0.25, -0.2) is 9.18 Å². The van der Waals surface area contributed by atoms with Crippen molar-refractivity contribution in [3.63, 3.8) is 0 Å². The average Bonchev–Trinajstić information content (AvgIpc) is 2.40. The molecule has 1 N–H and O–H groups in total. The van der Waals surface area contributed by atoms with Gasteiger partial charge in [0.05, 0.1) is 7.11 Å². The van der Waals surface area contributed by atoms with E-state index in [1.54, 1.807) is 0 Å². The Morgan fingerprint density at radius 1 is 1.55 bits per heavy atom. The Bertz CT molecular complexity index is 516. The number of carboxylic acid groups (broad SMARTS) is 1. The first-order chi connectivity index (χ1) is 9.45. The first-order valence-corrected chi connectivity index (χ1v) is 6.51. The van der Waals surface area contributed by atoms with Gasteiger partial charge in [0, 0.05) is 6.07 Å². The fourth-order valence-corrected chi connectivity index (χ4v) is 2.33. The molecule has 20 heavy (non-hydrogen) atoms. The Hall–Kier alpha value is -1.63. The van der Waals surface area contributed by atoms with Crippen molar-refractivity contribution in [2.24, 2.45) is 0 Å². The maximum absolute atomic E-state index is 14.5. The molecule has 0 spiro atoms. The first-order valence-electron chi connectivity index (χ1n) is 6.13.